The van der Waals surface area contributed by atoms with Gasteiger partial charge in [-0.15, -0.1) is 0 Å². The number of amides is 1. The van der Waals surface area contributed by atoms with Crippen LogP contribution in [0.5, 0.6) is 0 Å². The van der Waals surface area contributed by atoms with E-state index in [9.17, 15) is 22.8 Å². The summed E-state index contributed by atoms with van der Waals surface area (Å²) in [6.45, 7) is 1.72. The van der Waals surface area contributed by atoms with Crippen LogP contribution in [-0.2, 0) is 29.7 Å². The van der Waals surface area contributed by atoms with Gasteiger partial charge in [-0.3, -0.25) is 9.59 Å². The number of aromatic nitrogens is 2. The monoisotopic (exact) mass is 447 g/mol. The lowest BCUT2D eigenvalue weighted by atomic mass is 10.1. The quantitative estimate of drug-likeness (QED) is 0.420. The Morgan fingerprint density at radius 1 is 1.13 bits per heavy atom. The van der Waals surface area contributed by atoms with E-state index < -0.39 is 23.2 Å². The number of nitrogens with zero attached hydrogens (tertiary/aromatic N) is 1. The number of aromatic amines is 1. The van der Waals surface area contributed by atoms with Gasteiger partial charge in [0.2, 0.25) is 5.91 Å². The molecule has 0 unspecified atom stereocenters. The third-order valence-corrected chi connectivity index (χ3v) is 5.32. The van der Waals surface area contributed by atoms with Crippen LogP contribution in [0, 0.1) is 6.92 Å². The van der Waals surface area contributed by atoms with Gasteiger partial charge in [0, 0.05) is 18.4 Å². The molecule has 0 aliphatic heterocycles. The molecule has 1 heterocycles. The van der Waals surface area contributed by atoms with Crippen LogP contribution in [0.25, 0.3) is 0 Å². The van der Waals surface area contributed by atoms with Crippen LogP contribution in [-0.4, -0.2) is 15.9 Å². The van der Waals surface area contributed by atoms with Gasteiger partial charge in [-0.05, 0) is 24.1 Å². The molecular formula is C22H20F3N3O2S. The maximum atomic E-state index is 13.1. The highest BCUT2D eigenvalue weighted by Crippen LogP contribution is 2.31. The van der Waals surface area contributed by atoms with Crippen molar-refractivity contribution in [3.8, 4) is 0 Å². The molecule has 1 amide bonds. The average Bonchev–Trinajstić information content (AvgIpc) is 2.70. The number of H-pyrrole nitrogens is 1. The van der Waals surface area contributed by atoms with Crippen molar-refractivity contribution in [2.24, 2.45) is 0 Å². The second-order valence-corrected chi connectivity index (χ2v) is 7.89. The summed E-state index contributed by atoms with van der Waals surface area (Å²) in [6, 6.07) is 14.2. The zero-order valence-electron chi connectivity index (χ0n) is 16.6. The number of hydrogen-bond acceptors (Lipinski definition) is 4. The molecule has 162 valence electrons. The molecule has 0 spiro atoms. The Bertz CT molecular complexity index is 1130. The molecule has 3 rings (SSSR count). The van der Waals surface area contributed by atoms with E-state index in [0.29, 0.717) is 10.9 Å². The average molecular weight is 447 g/mol. The molecule has 0 saturated carbocycles. The molecular weight excluding hydrogens is 427 g/mol. The highest BCUT2D eigenvalue weighted by molar-refractivity contribution is 7.98. The summed E-state index contributed by atoms with van der Waals surface area (Å²) in [6.07, 6.45) is -4.71. The number of halogens is 3. The summed E-state index contributed by atoms with van der Waals surface area (Å²) in [4.78, 5) is 31.1. The van der Waals surface area contributed by atoms with Crippen LogP contribution in [0.15, 0.2) is 64.5 Å². The van der Waals surface area contributed by atoms with Crippen molar-refractivity contribution >= 4 is 17.7 Å². The molecule has 0 atom stereocenters. The van der Waals surface area contributed by atoms with E-state index in [1.807, 2.05) is 31.2 Å². The number of hydrogen-bond donors (Lipinski definition) is 2. The Balaban J connectivity index is 1.62. The molecule has 9 heteroatoms. The topological polar surface area (TPSA) is 74.8 Å². The molecule has 2 N–H and O–H groups in total. The highest BCUT2D eigenvalue weighted by Gasteiger charge is 2.32. The first kappa shape index (κ1) is 22.6. The van der Waals surface area contributed by atoms with Crippen LogP contribution in [0.4, 0.5) is 13.2 Å². The summed E-state index contributed by atoms with van der Waals surface area (Å²) < 4.78 is 39.2. The van der Waals surface area contributed by atoms with Crippen molar-refractivity contribution in [2.45, 2.75) is 37.0 Å². The van der Waals surface area contributed by atoms with Crippen LogP contribution >= 0.6 is 11.8 Å². The minimum atomic E-state index is -4.50. The standard InChI is InChI=1S/C22H20F3N3O2S/c1-14-5-4-6-15(9-14)13-31-21-27-17(11-20(30)28-21)10-19(29)26-12-16-7-2-3-8-18(16)22(23,24)25/h2-9,11H,10,12-13H2,1H3,(H,26,29)(H,27,28,30). The molecule has 5 nitrogen and oxygen atoms in total. The molecule has 31 heavy (non-hydrogen) atoms. The summed E-state index contributed by atoms with van der Waals surface area (Å²) in [5.74, 6) is 0.0683. The molecule has 1 aromatic heterocycles. The van der Waals surface area contributed by atoms with Gasteiger partial charge in [-0.25, -0.2) is 4.98 Å². The van der Waals surface area contributed by atoms with E-state index in [4.69, 9.17) is 0 Å². The number of nitrogens with one attached hydrogen (secondary N) is 2. The van der Waals surface area contributed by atoms with Crippen molar-refractivity contribution in [1.82, 2.24) is 15.3 Å². The number of carbonyl (C=O) groups is 1. The SMILES string of the molecule is Cc1cccc(CSc2nc(CC(=O)NCc3ccccc3C(F)(F)F)cc(=O)[nH]2)c1. The maximum absolute atomic E-state index is 13.1. The lowest BCUT2D eigenvalue weighted by Crippen LogP contribution is -2.27. The Hall–Kier alpha value is -3.07. The van der Waals surface area contributed by atoms with Crippen LogP contribution in [0.3, 0.4) is 0 Å². The summed E-state index contributed by atoms with van der Waals surface area (Å²) in [5, 5.41) is 2.84. The highest BCUT2D eigenvalue weighted by atomic mass is 32.2. The number of rotatable bonds is 7. The second kappa shape index (κ2) is 9.82. The Morgan fingerprint density at radius 2 is 1.90 bits per heavy atom. The van der Waals surface area contributed by atoms with E-state index >= 15 is 0 Å². The molecule has 0 fully saturated rings. The summed E-state index contributed by atoms with van der Waals surface area (Å²) >= 11 is 1.33. The van der Waals surface area contributed by atoms with E-state index in [1.54, 1.807) is 0 Å². The predicted molar refractivity (Wildman–Crippen MR) is 113 cm³/mol. The first-order chi connectivity index (χ1) is 14.7. The van der Waals surface area contributed by atoms with E-state index in [2.05, 4.69) is 15.3 Å². The van der Waals surface area contributed by atoms with Gasteiger partial charge in [0.05, 0.1) is 17.7 Å². The Morgan fingerprint density at radius 3 is 2.65 bits per heavy atom. The third-order valence-electron chi connectivity index (χ3n) is 4.37. The molecule has 3 aromatic rings. The molecule has 0 radical (unpaired) electrons. The van der Waals surface area contributed by atoms with Gasteiger partial charge in [-0.2, -0.15) is 13.2 Å². The van der Waals surface area contributed by atoms with Crippen LogP contribution < -0.4 is 10.9 Å². The van der Waals surface area contributed by atoms with Crippen molar-refractivity contribution < 1.29 is 18.0 Å². The maximum Gasteiger partial charge on any atom is 0.416 e. The summed E-state index contributed by atoms with van der Waals surface area (Å²) in [5.41, 5.74) is 1.22. The van der Waals surface area contributed by atoms with Gasteiger partial charge in [0.15, 0.2) is 5.16 Å². The third kappa shape index (κ3) is 6.71. The normalized spacial score (nSPS) is 11.4. The Kier molecular flexibility index (Phi) is 7.17. The molecule has 0 bridgehead atoms. The van der Waals surface area contributed by atoms with E-state index in [1.165, 1.54) is 36.0 Å². The van der Waals surface area contributed by atoms with Crippen LogP contribution in [0.2, 0.25) is 0 Å². The van der Waals surface area contributed by atoms with Crippen LogP contribution in [0.1, 0.15) is 27.9 Å². The number of carbonyl (C=O) groups excluding carboxylic acids is 1. The predicted octanol–water partition coefficient (Wildman–Crippen LogP) is 4.25. The Labute approximate surface area is 181 Å². The van der Waals surface area contributed by atoms with E-state index in [-0.39, 0.29) is 24.2 Å². The van der Waals surface area contributed by atoms with Gasteiger partial charge < -0.3 is 10.3 Å². The molecule has 0 aliphatic rings. The van der Waals surface area contributed by atoms with Crippen molar-refractivity contribution in [2.75, 3.05) is 0 Å². The number of thioether (sulfide) groups is 1. The molecule has 0 saturated heterocycles. The van der Waals surface area contributed by atoms with Crippen molar-refractivity contribution in [1.29, 1.82) is 0 Å². The first-order valence-electron chi connectivity index (χ1n) is 9.41. The fourth-order valence-electron chi connectivity index (χ4n) is 2.97. The lowest BCUT2D eigenvalue weighted by Gasteiger charge is -2.13. The number of alkyl halides is 3. The van der Waals surface area contributed by atoms with Crippen molar-refractivity contribution in [3.63, 3.8) is 0 Å². The lowest BCUT2D eigenvalue weighted by molar-refractivity contribution is -0.138. The van der Waals surface area contributed by atoms with Gasteiger partial charge in [-0.1, -0.05) is 59.8 Å². The minimum absolute atomic E-state index is 0.0309. The molecule has 2 aromatic carbocycles. The zero-order valence-corrected chi connectivity index (χ0v) is 17.4. The fourth-order valence-corrected chi connectivity index (χ4v) is 3.81. The van der Waals surface area contributed by atoms with Gasteiger partial charge in [0.1, 0.15) is 0 Å². The number of aryl methyl sites for hydroxylation is 1. The van der Waals surface area contributed by atoms with Crippen molar-refractivity contribution in [3.05, 3.63) is 92.9 Å². The zero-order chi connectivity index (χ0) is 22.4. The minimum Gasteiger partial charge on any atom is -0.352 e. The summed E-state index contributed by atoms with van der Waals surface area (Å²) in [7, 11) is 0. The van der Waals surface area contributed by atoms with Gasteiger partial charge in [0.25, 0.3) is 5.56 Å². The fraction of sp³-hybridized carbons (Fsp3) is 0.227. The number of benzene rings is 2. The smallest absolute Gasteiger partial charge is 0.352 e. The first-order valence-corrected chi connectivity index (χ1v) is 10.4. The molecule has 0 aliphatic carbocycles. The van der Waals surface area contributed by atoms with E-state index in [0.717, 1.165) is 17.2 Å². The van der Waals surface area contributed by atoms with Gasteiger partial charge >= 0.3 is 6.18 Å². The largest absolute Gasteiger partial charge is 0.416 e. The second-order valence-electron chi connectivity index (χ2n) is 6.93.